The van der Waals surface area contributed by atoms with Crippen molar-refractivity contribution in [3.8, 4) is 0 Å². The Balaban J connectivity index is 2.29. The number of benzene rings is 1. The van der Waals surface area contributed by atoms with E-state index in [1.54, 1.807) is 31.4 Å². The van der Waals surface area contributed by atoms with Gasteiger partial charge in [-0.25, -0.2) is 0 Å². The molecule has 100 valence electrons. The SMILES string of the molecule is CNC(=O)CN(C)C(=O)c1c[nH]c2cc(N)ccc12. The number of carbonyl (C=O) groups excluding carboxylic acids is 2. The lowest BCUT2D eigenvalue weighted by atomic mass is 10.1. The molecule has 1 aromatic heterocycles. The van der Waals surface area contributed by atoms with Gasteiger partial charge in [-0.2, -0.15) is 0 Å². The van der Waals surface area contributed by atoms with Crippen molar-refractivity contribution >= 4 is 28.4 Å². The highest BCUT2D eigenvalue weighted by molar-refractivity contribution is 6.07. The highest BCUT2D eigenvalue weighted by atomic mass is 16.2. The molecule has 0 spiro atoms. The van der Waals surface area contributed by atoms with E-state index in [-0.39, 0.29) is 18.4 Å². The van der Waals surface area contributed by atoms with Crippen LogP contribution in [0.15, 0.2) is 24.4 Å². The lowest BCUT2D eigenvalue weighted by Gasteiger charge is -2.15. The molecule has 4 N–H and O–H groups in total. The molecule has 0 atom stereocenters. The molecule has 2 amide bonds. The van der Waals surface area contributed by atoms with E-state index in [9.17, 15) is 9.59 Å². The number of nitrogen functional groups attached to an aromatic ring is 1. The number of H-pyrrole nitrogens is 1. The Morgan fingerprint density at radius 3 is 2.84 bits per heavy atom. The van der Waals surface area contributed by atoms with Crippen LogP contribution in [-0.4, -0.2) is 42.3 Å². The summed E-state index contributed by atoms with van der Waals surface area (Å²) in [6.07, 6.45) is 1.63. The zero-order valence-electron chi connectivity index (χ0n) is 10.9. The third kappa shape index (κ3) is 2.52. The first-order chi connectivity index (χ1) is 9.02. The smallest absolute Gasteiger partial charge is 0.256 e. The average molecular weight is 260 g/mol. The Labute approximate surface area is 110 Å². The van der Waals surface area contributed by atoms with Crippen molar-refractivity contribution in [2.45, 2.75) is 0 Å². The molecule has 6 nitrogen and oxygen atoms in total. The van der Waals surface area contributed by atoms with Crippen molar-refractivity contribution in [3.05, 3.63) is 30.0 Å². The number of nitrogens with zero attached hydrogens (tertiary/aromatic N) is 1. The number of carbonyl (C=O) groups is 2. The van der Waals surface area contributed by atoms with Gasteiger partial charge in [-0.3, -0.25) is 9.59 Å². The number of hydrogen-bond donors (Lipinski definition) is 3. The number of anilines is 1. The quantitative estimate of drug-likeness (QED) is 0.704. The summed E-state index contributed by atoms with van der Waals surface area (Å²) in [6, 6.07) is 5.30. The maximum absolute atomic E-state index is 12.3. The minimum Gasteiger partial charge on any atom is -0.399 e. The molecule has 1 aromatic carbocycles. The van der Waals surface area contributed by atoms with Gasteiger partial charge in [0.2, 0.25) is 5.91 Å². The number of hydrogen-bond acceptors (Lipinski definition) is 3. The summed E-state index contributed by atoms with van der Waals surface area (Å²) in [4.78, 5) is 27.9. The van der Waals surface area contributed by atoms with Crippen LogP contribution in [0.5, 0.6) is 0 Å². The number of amides is 2. The number of nitrogens with two attached hydrogens (primary N) is 1. The number of nitrogens with one attached hydrogen (secondary N) is 2. The van der Waals surface area contributed by atoms with E-state index >= 15 is 0 Å². The van der Waals surface area contributed by atoms with Crippen LogP contribution in [0, 0.1) is 0 Å². The van der Waals surface area contributed by atoms with Crippen molar-refractivity contribution in [3.63, 3.8) is 0 Å². The second-order valence-corrected chi connectivity index (χ2v) is 4.34. The van der Waals surface area contributed by atoms with Gasteiger partial charge in [-0.1, -0.05) is 0 Å². The van der Waals surface area contributed by atoms with Gasteiger partial charge in [-0.05, 0) is 18.2 Å². The predicted octanol–water partition coefficient (Wildman–Crippen LogP) is 0.568. The predicted molar refractivity (Wildman–Crippen MR) is 73.7 cm³/mol. The molecular formula is C13H16N4O2. The molecule has 0 saturated heterocycles. The fraction of sp³-hybridized carbons (Fsp3) is 0.231. The van der Waals surface area contributed by atoms with Crippen LogP contribution in [0.3, 0.4) is 0 Å². The van der Waals surface area contributed by atoms with E-state index in [4.69, 9.17) is 5.73 Å². The highest BCUT2D eigenvalue weighted by Gasteiger charge is 2.17. The minimum atomic E-state index is -0.209. The molecule has 1 heterocycles. The first kappa shape index (κ1) is 12.9. The lowest BCUT2D eigenvalue weighted by molar-refractivity contribution is -0.121. The molecule has 0 bridgehead atoms. The fourth-order valence-electron chi connectivity index (χ4n) is 1.89. The molecule has 0 fully saturated rings. The van der Waals surface area contributed by atoms with Crippen LogP contribution in [0.2, 0.25) is 0 Å². The normalized spacial score (nSPS) is 10.4. The van der Waals surface area contributed by atoms with E-state index in [0.29, 0.717) is 11.3 Å². The van der Waals surface area contributed by atoms with E-state index in [1.807, 2.05) is 0 Å². The van der Waals surface area contributed by atoms with Gasteiger partial charge >= 0.3 is 0 Å². The van der Waals surface area contributed by atoms with Crippen LogP contribution in [0.25, 0.3) is 10.9 Å². The molecule has 0 unspecified atom stereocenters. The Kier molecular flexibility index (Phi) is 3.41. The average Bonchev–Trinajstić information content (AvgIpc) is 2.80. The summed E-state index contributed by atoms with van der Waals surface area (Å²) in [5.41, 5.74) is 7.65. The van der Waals surface area contributed by atoms with E-state index in [0.717, 1.165) is 10.9 Å². The highest BCUT2D eigenvalue weighted by Crippen LogP contribution is 2.21. The molecule has 0 aliphatic carbocycles. The van der Waals surface area contributed by atoms with Gasteiger partial charge in [0.15, 0.2) is 0 Å². The summed E-state index contributed by atoms with van der Waals surface area (Å²) >= 11 is 0. The van der Waals surface area contributed by atoms with Gasteiger partial charge in [0.25, 0.3) is 5.91 Å². The van der Waals surface area contributed by atoms with Crippen molar-refractivity contribution in [2.75, 3.05) is 26.4 Å². The number of fused-ring (bicyclic) bond motifs is 1. The van der Waals surface area contributed by atoms with Crippen LogP contribution < -0.4 is 11.1 Å². The molecule has 2 rings (SSSR count). The van der Waals surface area contributed by atoms with Crippen LogP contribution in [0.4, 0.5) is 5.69 Å². The standard InChI is InChI=1S/C13H16N4O2/c1-15-12(18)7-17(2)13(19)10-6-16-11-5-8(14)3-4-9(10)11/h3-6,16H,7,14H2,1-2H3,(H,15,18). The van der Waals surface area contributed by atoms with Crippen LogP contribution >= 0.6 is 0 Å². The monoisotopic (exact) mass is 260 g/mol. The topological polar surface area (TPSA) is 91.2 Å². The van der Waals surface area contributed by atoms with E-state index < -0.39 is 0 Å². The Morgan fingerprint density at radius 2 is 2.16 bits per heavy atom. The van der Waals surface area contributed by atoms with Crippen LogP contribution in [-0.2, 0) is 4.79 Å². The molecule has 0 radical (unpaired) electrons. The minimum absolute atomic E-state index is 0.0248. The maximum Gasteiger partial charge on any atom is 0.256 e. The second kappa shape index (κ2) is 5.01. The van der Waals surface area contributed by atoms with Gasteiger partial charge in [0.05, 0.1) is 12.1 Å². The third-order valence-electron chi connectivity index (χ3n) is 2.94. The van der Waals surface area contributed by atoms with Crippen molar-refractivity contribution in [1.82, 2.24) is 15.2 Å². The van der Waals surface area contributed by atoms with Crippen LogP contribution in [0.1, 0.15) is 10.4 Å². The number of aromatic nitrogens is 1. The molecule has 2 aromatic rings. The summed E-state index contributed by atoms with van der Waals surface area (Å²) in [5.74, 6) is -0.417. The molecular weight excluding hydrogens is 244 g/mol. The second-order valence-electron chi connectivity index (χ2n) is 4.34. The summed E-state index contributed by atoms with van der Waals surface area (Å²) < 4.78 is 0. The maximum atomic E-state index is 12.3. The van der Waals surface area contributed by atoms with Gasteiger partial charge in [-0.15, -0.1) is 0 Å². The molecule has 0 aliphatic rings. The first-order valence-electron chi connectivity index (χ1n) is 5.85. The van der Waals surface area contributed by atoms with Crippen molar-refractivity contribution < 1.29 is 9.59 Å². The number of aromatic amines is 1. The largest absolute Gasteiger partial charge is 0.399 e. The van der Waals surface area contributed by atoms with Crippen molar-refractivity contribution in [1.29, 1.82) is 0 Å². The zero-order chi connectivity index (χ0) is 14.0. The molecule has 0 aliphatic heterocycles. The fourth-order valence-corrected chi connectivity index (χ4v) is 1.89. The molecule has 6 heteroatoms. The Bertz CT molecular complexity index is 633. The van der Waals surface area contributed by atoms with Gasteiger partial charge in [0.1, 0.15) is 0 Å². The molecule has 19 heavy (non-hydrogen) atoms. The van der Waals surface area contributed by atoms with Gasteiger partial charge in [0, 0.05) is 36.9 Å². The number of likely N-dealkylation sites (N-methyl/N-ethyl adjacent to an activating group) is 2. The first-order valence-corrected chi connectivity index (χ1v) is 5.85. The van der Waals surface area contributed by atoms with E-state index in [2.05, 4.69) is 10.3 Å². The zero-order valence-corrected chi connectivity index (χ0v) is 10.9. The lowest BCUT2D eigenvalue weighted by Crippen LogP contribution is -2.36. The summed E-state index contributed by atoms with van der Waals surface area (Å²) in [6.45, 7) is 0.0248. The van der Waals surface area contributed by atoms with E-state index in [1.165, 1.54) is 11.9 Å². The third-order valence-corrected chi connectivity index (χ3v) is 2.94. The summed E-state index contributed by atoms with van der Waals surface area (Å²) in [5, 5.41) is 3.28. The van der Waals surface area contributed by atoms with Gasteiger partial charge < -0.3 is 20.9 Å². The Hall–Kier alpha value is -2.50. The Morgan fingerprint density at radius 1 is 1.42 bits per heavy atom. The number of rotatable bonds is 3. The molecule has 0 saturated carbocycles. The summed E-state index contributed by atoms with van der Waals surface area (Å²) in [7, 11) is 3.13. The van der Waals surface area contributed by atoms with Crippen molar-refractivity contribution in [2.24, 2.45) is 0 Å².